The Morgan fingerprint density at radius 1 is 1.00 bits per heavy atom. The minimum absolute atomic E-state index is 0.143. The van der Waals surface area contributed by atoms with Gasteiger partial charge in [-0.3, -0.25) is 14.7 Å². The smallest absolute Gasteiger partial charge is 0.252 e. The summed E-state index contributed by atoms with van der Waals surface area (Å²) in [6, 6.07) is 17.8. The van der Waals surface area contributed by atoms with Crippen LogP contribution in [-0.4, -0.2) is 9.97 Å². The van der Waals surface area contributed by atoms with Crippen LogP contribution >= 0.6 is 11.8 Å². The summed E-state index contributed by atoms with van der Waals surface area (Å²) in [6.45, 7) is 1.83. The average molecular weight is 307 g/mol. The summed E-state index contributed by atoms with van der Waals surface area (Å²) < 4.78 is 0. The van der Waals surface area contributed by atoms with Crippen molar-refractivity contribution in [1.82, 2.24) is 9.97 Å². The molecule has 0 amide bonds. The van der Waals surface area contributed by atoms with Gasteiger partial charge in [-0.1, -0.05) is 36.0 Å². The Hall–Kier alpha value is -2.53. The first-order valence-corrected chi connectivity index (χ1v) is 7.78. The molecule has 2 heterocycles. The molecule has 5 heteroatoms. The number of aryl methyl sites for hydroxylation is 1. The number of fused-ring (bicyclic) bond motifs is 2. The van der Waals surface area contributed by atoms with Crippen molar-refractivity contribution in [2.75, 3.05) is 4.90 Å². The lowest BCUT2D eigenvalue weighted by Crippen LogP contribution is -2.21. The van der Waals surface area contributed by atoms with Crippen LogP contribution in [0.5, 0.6) is 0 Å². The standard InChI is InChI=1S/C17H13N3OS/c1-11-10-16(21)19-17(18-11)20-12-6-2-4-8-14(12)22-15-9-5-3-7-13(15)20/h2-10H,1H3,(H,18,19,21). The van der Waals surface area contributed by atoms with E-state index < -0.39 is 0 Å². The molecule has 2 aromatic carbocycles. The molecule has 1 N–H and O–H groups in total. The SMILES string of the molecule is Cc1cc(=O)[nH]c(N2c3ccccc3Sc3ccccc32)n1. The second-order valence-electron chi connectivity index (χ2n) is 5.08. The molecule has 4 rings (SSSR count). The molecule has 1 aliphatic heterocycles. The molecule has 1 aromatic heterocycles. The fourth-order valence-corrected chi connectivity index (χ4v) is 3.66. The summed E-state index contributed by atoms with van der Waals surface area (Å²) in [4.78, 5) is 23.5. The van der Waals surface area contributed by atoms with E-state index in [-0.39, 0.29) is 5.56 Å². The Morgan fingerprint density at radius 3 is 2.18 bits per heavy atom. The molecule has 0 unspecified atom stereocenters. The van der Waals surface area contributed by atoms with E-state index in [1.807, 2.05) is 48.2 Å². The van der Waals surface area contributed by atoms with Gasteiger partial charge in [-0.25, -0.2) is 4.98 Å². The van der Waals surface area contributed by atoms with Gasteiger partial charge in [0.05, 0.1) is 11.4 Å². The third-order valence-electron chi connectivity index (χ3n) is 3.50. The van der Waals surface area contributed by atoms with Crippen LogP contribution in [0.2, 0.25) is 0 Å². The zero-order valence-electron chi connectivity index (χ0n) is 11.9. The molecule has 1 aliphatic rings. The van der Waals surface area contributed by atoms with Gasteiger partial charge in [0.15, 0.2) is 0 Å². The first-order chi connectivity index (χ1) is 10.7. The lowest BCUT2D eigenvalue weighted by atomic mass is 10.2. The van der Waals surface area contributed by atoms with Crippen molar-refractivity contribution in [1.29, 1.82) is 0 Å². The molecule has 0 bridgehead atoms. The van der Waals surface area contributed by atoms with Gasteiger partial charge in [0.2, 0.25) is 5.95 Å². The predicted molar refractivity (Wildman–Crippen MR) is 88.4 cm³/mol. The maximum absolute atomic E-state index is 11.9. The van der Waals surface area contributed by atoms with Crippen LogP contribution in [0.25, 0.3) is 0 Å². The summed E-state index contributed by atoms with van der Waals surface area (Å²) in [6.07, 6.45) is 0. The van der Waals surface area contributed by atoms with Crippen LogP contribution < -0.4 is 10.5 Å². The van der Waals surface area contributed by atoms with Gasteiger partial charge in [-0.2, -0.15) is 0 Å². The number of para-hydroxylation sites is 2. The van der Waals surface area contributed by atoms with E-state index in [2.05, 4.69) is 22.1 Å². The lowest BCUT2D eigenvalue weighted by molar-refractivity contribution is 0.996. The number of hydrogen-bond acceptors (Lipinski definition) is 4. The van der Waals surface area contributed by atoms with Crippen molar-refractivity contribution < 1.29 is 0 Å². The molecule has 4 nitrogen and oxygen atoms in total. The van der Waals surface area contributed by atoms with Crippen molar-refractivity contribution in [3.8, 4) is 0 Å². The number of benzene rings is 2. The van der Waals surface area contributed by atoms with Gasteiger partial charge >= 0.3 is 0 Å². The summed E-state index contributed by atoms with van der Waals surface area (Å²) in [5.74, 6) is 0.546. The minimum Gasteiger partial charge on any atom is -0.292 e. The van der Waals surface area contributed by atoms with E-state index in [1.54, 1.807) is 11.8 Å². The second-order valence-corrected chi connectivity index (χ2v) is 6.17. The van der Waals surface area contributed by atoms with Crippen LogP contribution in [0, 0.1) is 6.92 Å². The molecular formula is C17H13N3OS. The fourth-order valence-electron chi connectivity index (χ4n) is 2.60. The quantitative estimate of drug-likeness (QED) is 0.577. The average Bonchev–Trinajstić information content (AvgIpc) is 2.51. The van der Waals surface area contributed by atoms with Crippen molar-refractivity contribution in [2.24, 2.45) is 0 Å². The zero-order chi connectivity index (χ0) is 15.1. The van der Waals surface area contributed by atoms with Crippen LogP contribution in [0.15, 0.2) is 69.2 Å². The first-order valence-electron chi connectivity index (χ1n) is 6.96. The Balaban J connectivity index is 2.00. The summed E-state index contributed by atoms with van der Waals surface area (Å²) in [7, 11) is 0. The van der Waals surface area contributed by atoms with Crippen LogP contribution in [0.1, 0.15) is 5.69 Å². The number of nitrogens with zero attached hydrogens (tertiary/aromatic N) is 2. The minimum atomic E-state index is -0.143. The highest BCUT2D eigenvalue weighted by atomic mass is 32.2. The molecule has 3 aromatic rings. The van der Waals surface area contributed by atoms with Gasteiger partial charge in [0.25, 0.3) is 5.56 Å². The first kappa shape index (κ1) is 13.2. The number of aromatic amines is 1. The van der Waals surface area contributed by atoms with Gasteiger partial charge < -0.3 is 0 Å². The zero-order valence-corrected chi connectivity index (χ0v) is 12.7. The largest absolute Gasteiger partial charge is 0.292 e. The molecule has 0 aliphatic carbocycles. The van der Waals surface area contributed by atoms with Crippen LogP contribution in [0.4, 0.5) is 17.3 Å². The molecule has 0 saturated heterocycles. The predicted octanol–water partition coefficient (Wildman–Crippen LogP) is 4.01. The van der Waals surface area contributed by atoms with Gasteiger partial charge in [-0.05, 0) is 31.2 Å². The number of anilines is 3. The van der Waals surface area contributed by atoms with Crippen molar-refractivity contribution >= 4 is 29.1 Å². The van der Waals surface area contributed by atoms with Crippen LogP contribution in [0.3, 0.4) is 0 Å². The lowest BCUT2D eigenvalue weighted by Gasteiger charge is -2.31. The van der Waals surface area contributed by atoms with E-state index in [4.69, 9.17) is 0 Å². The summed E-state index contributed by atoms with van der Waals surface area (Å²) >= 11 is 1.73. The number of nitrogens with one attached hydrogen (secondary N) is 1. The molecule has 22 heavy (non-hydrogen) atoms. The van der Waals surface area contributed by atoms with Crippen molar-refractivity contribution in [2.45, 2.75) is 16.7 Å². The Kier molecular flexibility index (Phi) is 3.01. The van der Waals surface area contributed by atoms with Gasteiger partial charge in [0, 0.05) is 21.6 Å². The summed E-state index contributed by atoms with van der Waals surface area (Å²) in [5, 5.41) is 0. The van der Waals surface area contributed by atoms with E-state index in [9.17, 15) is 4.79 Å². The van der Waals surface area contributed by atoms with Gasteiger partial charge in [-0.15, -0.1) is 0 Å². The monoisotopic (exact) mass is 307 g/mol. The molecule has 0 saturated carbocycles. The topological polar surface area (TPSA) is 49.0 Å². The van der Waals surface area contributed by atoms with Crippen molar-refractivity contribution in [3.63, 3.8) is 0 Å². The normalized spacial score (nSPS) is 12.7. The Morgan fingerprint density at radius 2 is 1.59 bits per heavy atom. The Bertz CT molecular complexity index is 874. The second kappa shape index (κ2) is 5.03. The van der Waals surface area contributed by atoms with E-state index in [0.29, 0.717) is 11.6 Å². The summed E-state index contributed by atoms with van der Waals surface area (Å²) in [5.41, 5.74) is 2.61. The highest BCUT2D eigenvalue weighted by Crippen LogP contribution is 2.49. The third kappa shape index (κ3) is 2.10. The molecule has 108 valence electrons. The Labute approximate surface area is 131 Å². The molecule has 0 fully saturated rings. The number of H-pyrrole nitrogens is 1. The molecule has 0 atom stereocenters. The number of hydrogen-bond donors (Lipinski definition) is 1. The van der Waals surface area contributed by atoms with Crippen molar-refractivity contribution in [3.05, 3.63) is 70.6 Å². The fraction of sp³-hybridized carbons (Fsp3) is 0.0588. The molecular weight excluding hydrogens is 294 g/mol. The maximum atomic E-state index is 11.9. The number of aromatic nitrogens is 2. The van der Waals surface area contributed by atoms with E-state index >= 15 is 0 Å². The maximum Gasteiger partial charge on any atom is 0.252 e. The van der Waals surface area contributed by atoms with Crippen LogP contribution in [-0.2, 0) is 0 Å². The number of rotatable bonds is 1. The van der Waals surface area contributed by atoms with E-state index in [0.717, 1.165) is 21.2 Å². The highest BCUT2D eigenvalue weighted by Gasteiger charge is 2.25. The van der Waals surface area contributed by atoms with E-state index in [1.165, 1.54) is 6.07 Å². The third-order valence-corrected chi connectivity index (χ3v) is 4.63. The van der Waals surface area contributed by atoms with Gasteiger partial charge in [0.1, 0.15) is 0 Å². The molecule has 0 radical (unpaired) electrons. The highest BCUT2D eigenvalue weighted by molar-refractivity contribution is 7.99. The molecule has 0 spiro atoms.